The van der Waals surface area contributed by atoms with Gasteiger partial charge in [-0.2, -0.15) is 0 Å². The highest BCUT2D eigenvalue weighted by Gasteiger charge is 2.54. The maximum atomic E-state index is 13.2. The molecule has 3 amide bonds. The Balaban J connectivity index is 1.78. The molecule has 3 rings (SSSR count). The summed E-state index contributed by atoms with van der Waals surface area (Å²) in [6.07, 6.45) is 4.73. The van der Waals surface area contributed by atoms with Gasteiger partial charge in [0, 0.05) is 31.5 Å². The average Bonchev–Trinajstić information content (AvgIpc) is 2.99. The van der Waals surface area contributed by atoms with Crippen LogP contribution in [0.4, 0.5) is 4.79 Å². The monoisotopic (exact) mass is 428 g/mol. The zero-order valence-electron chi connectivity index (χ0n) is 19.1. The van der Waals surface area contributed by atoms with E-state index in [2.05, 4.69) is 50.2 Å². The molecule has 0 unspecified atom stereocenters. The van der Waals surface area contributed by atoms with Crippen molar-refractivity contribution in [3.05, 3.63) is 35.9 Å². The minimum Gasteiger partial charge on any atom is -0.370 e. The molecule has 1 aromatic carbocycles. The van der Waals surface area contributed by atoms with Crippen LogP contribution in [0.1, 0.15) is 57.4 Å². The van der Waals surface area contributed by atoms with Gasteiger partial charge in [0.05, 0.1) is 12.1 Å². The van der Waals surface area contributed by atoms with Crippen molar-refractivity contribution in [1.82, 2.24) is 14.7 Å². The third kappa shape index (κ3) is 4.61. The molecule has 2 aliphatic rings. The van der Waals surface area contributed by atoms with Crippen LogP contribution in [0.25, 0.3) is 0 Å². The minimum atomic E-state index is -0.488. The quantitative estimate of drug-likeness (QED) is 0.655. The molecule has 1 heterocycles. The first-order chi connectivity index (χ1) is 14.7. The number of carbonyl (C=O) groups excluding carboxylic acids is 3. The normalized spacial score (nSPS) is 26.1. The van der Waals surface area contributed by atoms with E-state index in [-0.39, 0.29) is 42.3 Å². The molecule has 1 aromatic rings. The SMILES string of the molecule is CCCN1C(=O)N(CC(=O)CCC(N)=O)CC12CCC(c1ccccc1)(N(C)C)CC2. The molecule has 1 aliphatic heterocycles. The second-order valence-corrected chi connectivity index (χ2v) is 9.31. The van der Waals surface area contributed by atoms with Gasteiger partial charge in [-0.3, -0.25) is 14.5 Å². The Morgan fingerprint density at radius 3 is 2.26 bits per heavy atom. The van der Waals surface area contributed by atoms with E-state index in [4.69, 9.17) is 5.73 Å². The summed E-state index contributed by atoms with van der Waals surface area (Å²) in [5.41, 5.74) is 6.21. The Hall–Kier alpha value is -2.41. The lowest BCUT2D eigenvalue weighted by Gasteiger charge is -2.51. The Kier molecular flexibility index (Phi) is 7.04. The Labute approximate surface area is 185 Å². The average molecular weight is 429 g/mol. The Morgan fingerprint density at radius 2 is 1.71 bits per heavy atom. The van der Waals surface area contributed by atoms with Gasteiger partial charge in [-0.1, -0.05) is 37.3 Å². The molecule has 7 nitrogen and oxygen atoms in total. The van der Waals surface area contributed by atoms with Gasteiger partial charge in [-0.15, -0.1) is 0 Å². The minimum absolute atomic E-state index is 0.0348. The lowest BCUT2D eigenvalue weighted by molar-refractivity contribution is -0.124. The van der Waals surface area contributed by atoms with Crippen LogP contribution in [0.15, 0.2) is 30.3 Å². The van der Waals surface area contributed by atoms with Crippen molar-refractivity contribution in [3.63, 3.8) is 0 Å². The van der Waals surface area contributed by atoms with Crippen molar-refractivity contribution in [2.24, 2.45) is 5.73 Å². The molecule has 2 N–H and O–H groups in total. The summed E-state index contributed by atoms with van der Waals surface area (Å²) in [7, 11) is 4.27. The summed E-state index contributed by atoms with van der Waals surface area (Å²) < 4.78 is 0. The highest BCUT2D eigenvalue weighted by atomic mass is 16.2. The molecular weight excluding hydrogens is 392 g/mol. The van der Waals surface area contributed by atoms with Crippen molar-refractivity contribution in [1.29, 1.82) is 0 Å². The number of primary amides is 1. The number of nitrogens with two attached hydrogens (primary N) is 1. The fourth-order valence-corrected chi connectivity index (χ4v) is 5.42. The number of Topliss-reactive ketones (excluding diaryl/α,β-unsaturated/α-hetero) is 1. The summed E-state index contributed by atoms with van der Waals surface area (Å²) in [5.74, 6) is -0.596. The molecule has 1 saturated heterocycles. The smallest absolute Gasteiger partial charge is 0.321 e. The second kappa shape index (κ2) is 9.39. The summed E-state index contributed by atoms with van der Waals surface area (Å²) in [5, 5.41) is 0. The molecule has 1 aliphatic carbocycles. The highest BCUT2D eigenvalue weighted by Crippen LogP contribution is 2.48. The van der Waals surface area contributed by atoms with E-state index in [1.165, 1.54) is 5.56 Å². The van der Waals surface area contributed by atoms with Gasteiger partial charge in [0.25, 0.3) is 0 Å². The number of ketones is 1. The largest absolute Gasteiger partial charge is 0.370 e. The molecular formula is C24H36N4O3. The first-order valence-corrected chi connectivity index (χ1v) is 11.3. The molecule has 31 heavy (non-hydrogen) atoms. The first kappa shape index (κ1) is 23.3. The molecule has 1 saturated carbocycles. The molecule has 1 spiro atoms. The zero-order chi connectivity index (χ0) is 22.6. The number of carbonyl (C=O) groups is 3. The highest BCUT2D eigenvalue weighted by molar-refractivity contribution is 5.89. The van der Waals surface area contributed by atoms with Crippen molar-refractivity contribution < 1.29 is 14.4 Å². The maximum Gasteiger partial charge on any atom is 0.321 e. The van der Waals surface area contributed by atoms with Crippen molar-refractivity contribution in [3.8, 4) is 0 Å². The van der Waals surface area contributed by atoms with Gasteiger partial charge in [-0.05, 0) is 51.8 Å². The molecule has 2 fully saturated rings. The van der Waals surface area contributed by atoms with Crippen LogP contribution in [0, 0.1) is 0 Å². The Morgan fingerprint density at radius 1 is 1.06 bits per heavy atom. The number of rotatable bonds is 9. The summed E-state index contributed by atoms with van der Waals surface area (Å²) >= 11 is 0. The lowest BCUT2D eigenvalue weighted by Crippen LogP contribution is -2.55. The van der Waals surface area contributed by atoms with Crippen LogP contribution >= 0.6 is 0 Å². The first-order valence-electron chi connectivity index (χ1n) is 11.3. The van der Waals surface area contributed by atoms with Crippen LogP contribution in [-0.4, -0.2) is 71.7 Å². The van der Waals surface area contributed by atoms with E-state index in [0.29, 0.717) is 13.1 Å². The van der Waals surface area contributed by atoms with Gasteiger partial charge in [0.2, 0.25) is 5.91 Å². The number of urea groups is 1. The van der Waals surface area contributed by atoms with Gasteiger partial charge < -0.3 is 15.5 Å². The fraction of sp³-hybridized carbons (Fsp3) is 0.625. The number of nitrogens with zero attached hydrogens (tertiary/aromatic N) is 3. The van der Waals surface area contributed by atoms with Gasteiger partial charge in [0.15, 0.2) is 5.78 Å². The fourth-order valence-electron chi connectivity index (χ4n) is 5.42. The van der Waals surface area contributed by atoms with E-state index >= 15 is 0 Å². The van der Waals surface area contributed by atoms with E-state index in [1.807, 2.05) is 11.0 Å². The third-order valence-corrected chi connectivity index (χ3v) is 7.20. The molecule has 0 radical (unpaired) electrons. The van der Waals surface area contributed by atoms with E-state index in [9.17, 15) is 14.4 Å². The van der Waals surface area contributed by atoms with Crippen LogP contribution < -0.4 is 5.73 Å². The third-order valence-electron chi connectivity index (χ3n) is 7.20. The summed E-state index contributed by atoms with van der Waals surface area (Å²) in [6, 6.07) is 10.6. The van der Waals surface area contributed by atoms with E-state index < -0.39 is 5.91 Å². The van der Waals surface area contributed by atoms with Crippen molar-refractivity contribution in [2.75, 3.05) is 33.7 Å². The van der Waals surface area contributed by atoms with Gasteiger partial charge in [-0.25, -0.2) is 4.79 Å². The number of hydrogen-bond acceptors (Lipinski definition) is 4. The number of amides is 3. The van der Waals surface area contributed by atoms with Gasteiger partial charge >= 0.3 is 6.03 Å². The molecule has 0 atom stereocenters. The predicted molar refractivity (Wildman–Crippen MR) is 120 cm³/mol. The molecule has 0 aromatic heterocycles. The summed E-state index contributed by atoms with van der Waals surface area (Å²) in [6.45, 7) is 3.42. The summed E-state index contributed by atoms with van der Waals surface area (Å²) in [4.78, 5) is 42.6. The molecule has 170 valence electrons. The maximum absolute atomic E-state index is 13.2. The van der Waals surface area contributed by atoms with E-state index in [1.54, 1.807) is 4.90 Å². The van der Waals surface area contributed by atoms with Crippen LogP contribution in [0.5, 0.6) is 0 Å². The van der Waals surface area contributed by atoms with Crippen molar-refractivity contribution >= 4 is 17.7 Å². The second-order valence-electron chi connectivity index (χ2n) is 9.31. The van der Waals surface area contributed by atoms with Gasteiger partial charge in [0.1, 0.15) is 0 Å². The molecule has 0 bridgehead atoms. The van der Waals surface area contributed by atoms with Crippen LogP contribution in [0.3, 0.4) is 0 Å². The standard InChI is InChI=1S/C24H36N4O3/c1-4-16-28-22(31)27(17-20(29)10-11-21(25)30)18-23(28)12-14-24(15-13-23,26(2)3)19-8-6-5-7-9-19/h5-9H,4,10-18H2,1-3H3,(H2,25,30). The molecule has 7 heteroatoms. The lowest BCUT2D eigenvalue weighted by atomic mass is 9.68. The number of hydrogen-bond donors (Lipinski definition) is 1. The number of benzene rings is 1. The zero-order valence-corrected chi connectivity index (χ0v) is 19.1. The van der Waals surface area contributed by atoms with Crippen LogP contribution in [0.2, 0.25) is 0 Å². The Bertz CT molecular complexity index is 800. The van der Waals surface area contributed by atoms with Crippen molar-refractivity contribution in [2.45, 2.75) is 62.9 Å². The van der Waals surface area contributed by atoms with E-state index in [0.717, 1.165) is 32.1 Å². The van der Waals surface area contributed by atoms with Crippen LogP contribution in [-0.2, 0) is 15.1 Å². The predicted octanol–water partition coefficient (Wildman–Crippen LogP) is 2.74. The topological polar surface area (TPSA) is 87.0 Å².